The number of carbonyl (C=O) groups is 3. The molecule has 8 heteroatoms. The maximum absolute atomic E-state index is 14.6. The summed E-state index contributed by atoms with van der Waals surface area (Å²) in [6, 6.07) is 13.6. The van der Waals surface area contributed by atoms with Gasteiger partial charge >= 0.3 is 6.09 Å². The van der Waals surface area contributed by atoms with Gasteiger partial charge < -0.3 is 4.74 Å². The van der Waals surface area contributed by atoms with Crippen molar-refractivity contribution in [1.29, 1.82) is 0 Å². The predicted molar refractivity (Wildman–Crippen MR) is 134 cm³/mol. The number of carbonyl (C=O) groups excluding carboxylic acids is 3. The van der Waals surface area contributed by atoms with Gasteiger partial charge in [0, 0.05) is 23.2 Å². The Hall–Kier alpha value is -2.57. The van der Waals surface area contributed by atoms with E-state index >= 15 is 0 Å². The molecule has 5 rings (SSSR count). The molecule has 3 atom stereocenters. The average Bonchev–Trinajstić information content (AvgIpc) is 3.11. The topological polar surface area (TPSA) is 66.9 Å². The molecule has 3 amide bonds. The summed E-state index contributed by atoms with van der Waals surface area (Å²) in [6.45, 7) is 1.85. The Morgan fingerprint density at radius 3 is 2.54 bits per heavy atom. The molecule has 0 aromatic heterocycles. The monoisotopic (exact) mass is 514 g/mol. The van der Waals surface area contributed by atoms with Crippen LogP contribution in [0.4, 0.5) is 10.5 Å². The van der Waals surface area contributed by atoms with Crippen molar-refractivity contribution >= 4 is 47.0 Å². The number of benzene rings is 2. The summed E-state index contributed by atoms with van der Waals surface area (Å²) < 4.78 is 6.47. The molecule has 2 aromatic carbocycles. The molecule has 2 heterocycles. The highest BCUT2D eigenvalue weighted by atomic mass is 35.5. The molecule has 0 radical (unpaired) electrons. The molecule has 1 spiro atoms. The minimum absolute atomic E-state index is 0.141. The molecule has 35 heavy (non-hydrogen) atoms. The molecule has 1 saturated carbocycles. The lowest BCUT2D eigenvalue weighted by Gasteiger charge is -2.52. The normalized spacial score (nSPS) is 26.8. The minimum Gasteiger partial charge on any atom is -0.449 e. The Bertz CT molecular complexity index is 1170. The van der Waals surface area contributed by atoms with Crippen LogP contribution in [-0.2, 0) is 19.7 Å². The molecular formula is C27H28Cl2N2O4. The lowest BCUT2D eigenvalue weighted by Crippen LogP contribution is -2.60. The van der Waals surface area contributed by atoms with Gasteiger partial charge in [0.1, 0.15) is 5.41 Å². The van der Waals surface area contributed by atoms with Crippen molar-refractivity contribution in [2.45, 2.75) is 56.9 Å². The summed E-state index contributed by atoms with van der Waals surface area (Å²) in [5, 5.41) is 0.482. The van der Waals surface area contributed by atoms with E-state index in [1.807, 2.05) is 18.2 Å². The van der Waals surface area contributed by atoms with Crippen LogP contribution in [0.1, 0.15) is 62.6 Å². The molecule has 1 saturated heterocycles. The van der Waals surface area contributed by atoms with Crippen LogP contribution in [0.25, 0.3) is 0 Å². The summed E-state index contributed by atoms with van der Waals surface area (Å²) in [5.74, 6) is -0.783. The second kappa shape index (κ2) is 9.47. The molecule has 1 aliphatic carbocycles. The van der Waals surface area contributed by atoms with Crippen molar-refractivity contribution in [3.05, 3.63) is 64.7 Å². The van der Waals surface area contributed by atoms with Crippen molar-refractivity contribution in [2.75, 3.05) is 11.5 Å². The second-order valence-corrected chi connectivity index (χ2v) is 10.4. The molecule has 2 aromatic rings. The molecular weight excluding hydrogens is 487 g/mol. The standard InChI is InChI=1S/C27H28Cl2N2O4/c1-2-35-26(34)30-22-14-7-6-13-20(22)27(25(30)33)21(17-9-4-3-5-10-17)16-23(32)31(29)24(27)18-11-8-12-19(28)15-18/h6-8,11-15,17,21,24H,2-5,9-10,16H2,1H3. The number of para-hydroxylation sites is 1. The van der Waals surface area contributed by atoms with Gasteiger partial charge in [0.25, 0.3) is 0 Å². The fourth-order valence-corrected chi connectivity index (χ4v) is 7.06. The molecule has 2 aliphatic heterocycles. The first-order valence-corrected chi connectivity index (χ1v) is 13.0. The van der Waals surface area contributed by atoms with Crippen LogP contribution >= 0.6 is 23.4 Å². The first-order chi connectivity index (χ1) is 16.9. The zero-order valence-corrected chi connectivity index (χ0v) is 21.1. The number of halogens is 2. The number of nitrogens with zero attached hydrogens (tertiary/aromatic N) is 2. The average molecular weight is 515 g/mol. The van der Waals surface area contributed by atoms with E-state index < -0.39 is 23.5 Å². The number of piperidine rings is 1. The van der Waals surface area contributed by atoms with Crippen LogP contribution in [0.2, 0.25) is 5.02 Å². The third-order valence-corrected chi connectivity index (χ3v) is 8.48. The Morgan fingerprint density at radius 2 is 1.83 bits per heavy atom. The molecule has 3 aliphatic rings. The Morgan fingerprint density at radius 1 is 1.09 bits per heavy atom. The van der Waals surface area contributed by atoms with Crippen LogP contribution in [0.15, 0.2) is 48.5 Å². The summed E-state index contributed by atoms with van der Waals surface area (Å²) in [7, 11) is 0. The summed E-state index contributed by atoms with van der Waals surface area (Å²) in [6.07, 6.45) is 4.53. The number of rotatable bonds is 3. The van der Waals surface area contributed by atoms with E-state index in [2.05, 4.69) is 0 Å². The molecule has 0 N–H and O–H groups in total. The number of anilines is 1. The number of fused-ring (bicyclic) bond motifs is 2. The molecule has 6 nitrogen and oxygen atoms in total. The van der Waals surface area contributed by atoms with E-state index in [1.165, 1.54) is 0 Å². The fourth-order valence-electron chi connectivity index (χ4n) is 6.53. The predicted octanol–water partition coefficient (Wildman–Crippen LogP) is 6.40. The van der Waals surface area contributed by atoms with Crippen molar-refractivity contribution in [1.82, 2.24) is 4.42 Å². The van der Waals surface area contributed by atoms with E-state index in [0.717, 1.165) is 41.4 Å². The van der Waals surface area contributed by atoms with Crippen LogP contribution in [0.5, 0.6) is 0 Å². The number of amides is 3. The van der Waals surface area contributed by atoms with E-state index in [9.17, 15) is 14.4 Å². The summed E-state index contributed by atoms with van der Waals surface area (Å²) in [4.78, 5) is 42.2. The Labute approximate surface area is 215 Å². The maximum atomic E-state index is 14.6. The van der Waals surface area contributed by atoms with E-state index in [-0.39, 0.29) is 30.8 Å². The highest BCUT2D eigenvalue weighted by Gasteiger charge is 2.67. The van der Waals surface area contributed by atoms with Gasteiger partial charge in [0.15, 0.2) is 0 Å². The van der Waals surface area contributed by atoms with Crippen molar-refractivity contribution < 1.29 is 19.1 Å². The van der Waals surface area contributed by atoms with Gasteiger partial charge in [-0.25, -0.2) is 14.1 Å². The molecule has 184 valence electrons. The van der Waals surface area contributed by atoms with Gasteiger partial charge in [-0.05, 0) is 48.1 Å². The first kappa shape index (κ1) is 24.1. The number of imide groups is 1. The highest BCUT2D eigenvalue weighted by Crippen LogP contribution is 2.61. The van der Waals surface area contributed by atoms with Gasteiger partial charge in [-0.3, -0.25) is 9.59 Å². The van der Waals surface area contributed by atoms with Crippen LogP contribution < -0.4 is 4.90 Å². The van der Waals surface area contributed by atoms with Crippen molar-refractivity contribution in [3.8, 4) is 0 Å². The van der Waals surface area contributed by atoms with Crippen LogP contribution in [0, 0.1) is 11.8 Å². The van der Waals surface area contributed by atoms with Gasteiger partial charge in [-0.2, -0.15) is 0 Å². The number of ether oxygens (including phenoxy) is 1. The Kier molecular flexibility index (Phi) is 6.53. The minimum atomic E-state index is -1.24. The number of hydrogen-bond acceptors (Lipinski definition) is 4. The lowest BCUT2D eigenvalue weighted by atomic mass is 9.56. The van der Waals surface area contributed by atoms with Gasteiger partial charge in [0.05, 0.1) is 18.3 Å². The van der Waals surface area contributed by atoms with Gasteiger partial charge in [-0.1, -0.05) is 74.0 Å². The SMILES string of the molecule is CCOC(=O)N1C(=O)C2(c3ccccc31)C(C1CCCCC1)CC(=O)N(Cl)C2c1cccc(Cl)c1. The molecule has 0 bridgehead atoms. The van der Waals surface area contributed by atoms with Crippen molar-refractivity contribution in [2.24, 2.45) is 11.8 Å². The zero-order valence-electron chi connectivity index (χ0n) is 19.6. The van der Waals surface area contributed by atoms with Gasteiger partial charge in [-0.15, -0.1) is 0 Å². The van der Waals surface area contributed by atoms with E-state index in [0.29, 0.717) is 21.8 Å². The largest absolute Gasteiger partial charge is 0.449 e. The third kappa shape index (κ3) is 3.73. The zero-order chi connectivity index (χ0) is 24.7. The summed E-state index contributed by atoms with van der Waals surface area (Å²) in [5.41, 5.74) is 0.612. The van der Waals surface area contributed by atoms with Gasteiger partial charge in [0.2, 0.25) is 11.8 Å². The highest BCUT2D eigenvalue weighted by molar-refractivity contribution is 6.30. The maximum Gasteiger partial charge on any atom is 0.421 e. The quantitative estimate of drug-likeness (QED) is 0.444. The fraction of sp³-hybridized carbons (Fsp3) is 0.444. The number of hydrogen-bond donors (Lipinski definition) is 0. The Balaban J connectivity index is 1.79. The third-order valence-electron chi connectivity index (χ3n) is 7.86. The summed E-state index contributed by atoms with van der Waals surface area (Å²) >= 11 is 13.1. The smallest absolute Gasteiger partial charge is 0.421 e. The van der Waals surface area contributed by atoms with Crippen LogP contribution in [0.3, 0.4) is 0 Å². The van der Waals surface area contributed by atoms with Crippen LogP contribution in [-0.4, -0.2) is 28.9 Å². The first-order valence-electron chi connectivity index (χ1n) is 12.2. The van der Waals surface area contributed by atoms with E-state index in [4.69, 9.17) is 28.1 Å². The van der Waals surface area contributed by atoms with Crippen molar-refractivity contribution in [3.63, 3.8) is 0 Å². The van der Waals surface area contributed by atoms with E-state index in [1.54, 1.807) is 37.3 Å². The second-order valence-electron chi connectivity index (χ2n) is 9.60. The molecule has 2 fully saturated rings. The lowest BCUT2D eigenvalue weighted by molar-refractivity contribution is -0.144. The molecule has 3 unspecified atom stereocenters.